The number of rotatable bonds is 11. The summed E-state index contributed by atoms with van der Waals surface area (Å²) in [6.45, 7) is 14.0. The maximum absolute atomic E-state index is 12.1. The highest BCUT2D eigenvalue weighted by molar-refractivity contribution is 5.78. The van der Waals surface area contributed by atoms with E-state index in [1.54, 1.807) is 18.2 Å². The topological polar surface area (TPSA) is 99.2 Å². The van der Waals surface area contributed by atoms with Crippen LogP contribution < -0.4 is 10.1 Å². The molecule has 0 aliphatic carbocycles. The molecule has 206 valence electrons. The van der Waals surface area contributed by atoms with Crippen LogP contribution in [0, 0.1) is 17.8 Å². The van der Waals surface area contributed by atoms with Crippen molar-refractivity contribution in [3.63, 3.8) is 0 Å². The second kappa shape index (κ2) is 19.7. The van der Waals surface area contributed by atoms with Crippen molar-refractivity contribution < 1.29 is 24.2 Å². The fourth-order valence-corrected chi connectivity index (χ4v) is 3.67. The van der Waals surface area contributed by atoms with Crippen LogP contribution in [0.3, 0.4) is 0 Å². The number of likely N-dealkylation sites (tertiary alicyclic amines) is 1. The van der Waals surface area contributed by atoms with Crippen LogP contribution in [0.4, 0.5) is 0 Å². The summed E-state index contributed by atoms with van der Waals surface area (Å²) in [6, 6.07) is 5.10. The molecule has 1 saturated heterocycles. The monoisotopic (exact) mass is 507 g/mol. The average molecular weight is 508 g/mol. The van der Waals surface area contributed by atoms with Crippen molar-refractivity contribution in [2.45, 2.75) is 59.9 Å². The highest BCUT2D eigenvalue weighted by Gasteiger charge is 2.22. The van der Waals surface area contributed by atoms with Crippen LogP contribution in [-0.2, 0) is 20.9 Å². The number of amides is 1. The van der Waals surface area contributed by atoms with Gasteiger partial charge in [-0.25, -0.2) is 0 Å². The third kappa shape index (κ3) is 16.3. The molecular formula is C28H49N3O5. The zero-order valence-electron chi connectivity index (χ0n) is 23.5. The molecule has 0 unspecified atom stereocenters. The summed E-state index contributed by atoms with van der Waals surface area (Å²) in [5, 5.41) is 12.5. The van der Waals surface area contributed by atoms with Gasteiger partial charge in [-0.2, -0.15) is 0 Å². The van der Waals surface area contributed by atoms with E-state index in [1.807, 2.05) is 0 Å². The van der Waals surface area contributed by atoms with E-state index in [-0.39, 0.29) is 24.0 Å². The molecule has 0 bridgehead atoms. The SMILES string of the molecule is CC(C)CCN(C)CC(C)C.COc1cc(CNC(=O)C2CCN(C)CC2)ccc1O.O=CCC=O. The quantitative estimate of drug-likeness (QED) is 0.348. The van der Waals surface area contributed by atoms with Gasteiger partial charge in [0.15, 0.2) is 11.5 Å². The lowest BCUT2D eigenvalue weighted by Gasteiger charge is -2.28. The van der Waals surface area contributed by atoms with Gasteiger partial charge in [0, 0.05) is 19.0 Å². The molecule has 1 heterocycles. The molecule has 36 heavy (non-hydrogen) atoms. The molecule has 0 spiro atoms. The van der Waals surface area contributed by atoms with Gasteiger partial charge in [0.1, 0.15) is 12.6 Å². The lowest BCUT2D eigenvalue weighted by Crippen LogP contribution is -2.38. The highest BCUT2D eigenvalue weighted by atomic mass is 16.5. The second-order valence-corrected chi connectivity index (χ2v) is 10.2. The van der Waals surface area contributed by atoms with Crippen LogP contribution in [0.1, 0.15) is 58.9 Å². The van der Waals surface area contributed by atoms with E-state index >= 15 is 0 Å². The third-order valence-electron chi connectivity index (χ3n) is 5.76. The van der Waals surface area contributed by atoms with Crippen LogP contribution in [0.2, 0.25) is 0 Å². The molecule has 8 heteroatoms. The van der Waals surface area contributed by atoms with Gasteiger partial charge >= 0.3 is 0 Å². The fourth-order valence-electron chi connectivity index (χ4n) is 3.67. The Morgan fingerprint density at radius 3 is 2.25 bits per heavy atom. The molecule has 0 aromatic heterocycles. The zero-order chi connectivity index (χ0) is 27.5. The summed E-state index contributed by atoms with van der Waals surface area (Å²) in [4.78, 5) is 35.1. The maximum atomic E-state index is 12.1. The summed E-state index contributed by atoms with van der Waals surface area (Å²) in [5.74, 6) is 2.40. The molecule has 0 saturated carbocycles. The van der Waals surface area contributed by atoms with Crippen LogP contribution in [0.15, 0.2) is 18.2 Å². The van der Waals surface area contributed by atoms with Gasteiger partial charge in [-0.05, 0) is 82.5 Å². The number of nitrogens with zero attached hydrogens (tertiary/aromatic N) is 2. The number of carbonyl (C=O) groups excluding carboxylic acids is 3. The first kappa shape index (κ1) is 33.5. The van der Waals surface area contributed by atoms with Gasteiger partial charge in [-0.1, -0.05) is 33.8 Å². The first-order chi connectivity index (χ1) is 17.0. The minimum Gasteiger partial charge on any atom is -0.504 e. The first-order valence-corrected chi connectivity index (χ1v) is 12.9. The minimum absolute atomic E-state index is 0.0278. The number of nitrogens with one attached hydrogen (secondary N) is 1. The number of phenolic OH excluding ortho intramolecular Hbond substituents is 1. The van der Waals surface area contributed by atoms with E-state index in [4.69, 9.17) is 4.74 Å². The molecule has 1 aliphatic heterocycles. The summed E-state index contributed by atoms with van der Waals surface area (Å²) in [6.07, 6.45) is 4.31. The van der Waals surface area contributed by atoms with Crippen molar-refractivity contribution in [1.82, 2.24) is 15.1 Å². The van der Waals surface area contributed by atoms with Gasteiger partial charge in [-0.3, -0.25) is 4.79 Å². The Hall–Kier alpha value is -2.45. The van der Waals surface area contributed by atoms with Crippen molar-refractivity contribution >= 4 is 18.5 Å². The zero-order valence-corrected chi connectivity index (χ0v) is 23.5. The Labute approximate surface area is 218 Å². The first-order valence-electron chi connectivity index (χ1n) is 12.9. The molecule has 0 radical (unpaired) electrons. The number of hydrogen-bond donors (Lipinski definition) is 2. The Bertz CT molecular complexity index is 741. The molecule has 0 atom stereocenters. The fraction of sp³-hybridized carbons (Fsp3) is 0.679. The van der Waals surface area contributed by atoms with Gasteiger partial charge in [0.2, 0.25) is 5.91 Å². The minimum atomic E-state index is 0.0278. The van der Waals surface area contributed by atoms with E-state index in [9.17, 15) is 19.5 Å². The van der Waals surface area contributed by atoms with Crippen LogP contribution >= 0.6 is 0 Å². The number of carbonyl (C=O) groups is 3. The standard InChI is InChI=1S/C15H22N2O3.C10H23N.C3H4O2/c1-17-7-5-12(6-8-17)15(19)16-10-11-3-4-13(18)14(9-11)20-2;1-9(2)6-7-11(5)8-10(3)4;4-2-1-3-5/h3-4,9,12,18H,5-8,10H2,1-2H3,(H,16,19);9-10H,6-8H2,1-5H3;2-3H,1H2. The number of ether oxygens (including phenoxy) is 1. The summed E-state index contributed by atoms with van der Waals surface area (Å²) in [5.41, 5.74) is 0.918. The molecule has 1 aromatic rings. The Kier molecular flexibility index (Phi) is 18.4. The summed E-state index contributed by atoms with van der Waals surface area (Å²) < 4.78 is 5.05. The number of phenols is 1. The lowest BCUT2D eigenvalue weighted by molar-refractivity contribution is -0.126. The predicted octanol–water partition coefficient (Wildman–Crippen LogP) is 3.75. The number of piperidine rings is 1. The molecule has 1 fully saturated rings. The molecule has 8 nitrogen and oxygen atoms in total. The molecule has 1 amide bonds. The summed E-state index contributed by atoms with van der Waals surface area (Å²) in [7, 11) is 5.80. The van der Waals surface area contributed by atoms with E-state index < -0.39 is 0 Å². The number of hydrogen-bond acceptors (Lipinski definition) is 7. The van der Waals surface area contributed by atoms with Crippen molar-refractivity contribution in [2.75, 3.05) is 47.4 Å². The van der Waals surface area contributed by atoms with Crippen molar-refractivity contribution in [2.24, 2.45) is 17.8 Å². The third-order valence-corrected chi connectivity index (χ3v) is 5.76. The number of aldehydes is 2. The van der Waals surface area contributed by atoms with Crippen LogP contribution in [0.5, 0.6) is 11.5 Å². The van der Waals surface area contributed by atoms with Crippen LogP contribution in [-0.4, -0.2) is 80.8 Å². The van der Waals surface area contributed by atoms with Crippen LogP contribution in [0.25, 0.3) is 0 Å². The molecule has 2 N–H and O–H groups in total. The van der Waals surface area contributed by atoms with Crippen molar-refractivity contribution in [3.8, 4) is 11.5 Å². The maximum Gasteiger partial charge on any atom is 0.223 e. The van der Waals surface area contributed by atoms with Crippen molar-refractivity contribution in [3.05, 3.63) is 23.8 Å². The largest absolute Gasteiger partial charge is 0.504 e. The van der Waals surface area contributed by atoms with Gasteiger partial charge < -0.3 is 34.5 Å². The molecule has 1 aliphatic rings. The Balaban J connectivity index is 0.000000645. The normalized spacial score (nSPS) is 13.9. The Morgan fingerprint density at radius 2 is 1.78 bits per heavy atom. The molecular weight excluding hydrogens is 458 g/mol. The Morgan fingerprint density at radius 1 is 1.17 bits per heavy atom. The van der Waals surface area contributed by atoms with Gasteiger partial charge in [-0.15, -0.1) is 0 Å². The average Bonchev–Trinajstić information content (AvgIpc) is 2.83. The second-order valence-electron chi connectivity index (χ2n) is 10.2. The predicted molar refractivity (Wildman–Crippen MR) is 145 cm³/mol. The lowest BCUT2D eigenvalue weighted by atomic mass is 9.96. The van der Waals surface area contributed by atoms with E-state index in [0.29, 0.717) is 24.9 Å². The van der Waals surface area contributed by atoms with E-state index in [1.165, 1.54) is 26.6 Å². The summed E-state index contributed by atoms with van der Waals surface area (Å²) >= 11 is 0. The van der Waals surface area contributed by atoms with E-state index in [2.05, 4.69) is 56.9 Å². The van der Waals surface area contributed by atoms with E-state index in [0.717, 1.165) is 43.3 Å². The molecule has 2 rings (SSSR count). The smallest absolute Gasteiger partial charge is 0.223 e. The van der Waals surface area contributed by atoms with Gasteiger partial charge in [0.05, 0.1) is 13.5 Å². The highest BCUT2D eigenvalue weighted by Crippen LogP contribution is 2.26. The molecule has 1 aromatic carbocycles. The van der Waals surface area contributed by atoms with Crippen molar-refractivity contribution in [1.29, 1.82) is 0 Å². The number of benzene rings is 1. The van der Waals surface area contributed by atoms with Gasteiger partial charge in [0.25, 0.3) is 0 Å². The number of aromatic hydroxyl groups is 1. The number of methoxy groups -OCH3 is 1.